The molecule has 0 aliphatic heterocycles. The Balaban J connectivity index is 2.29. The number of aryl methyl sites for hydroxylation is 1. The van der Waals surface area contributed by atoms with Crippen LogP contribution in [0.2, 0.25) is 0 Å². The van der Waals surface area contributed by atoms with E-state index in [2.05, 4.69) is 25.9 Å². The van der Waals surface area contributed by atoms with Gasteiger partial charge in [-0.3, -0.25) is 4.79 Å². The minimum atomic E-state index is -0.912. The number of carboxylic acid groups (broad SMARTS) is 1. The maximum atomic E-state index is 11.4. The molecule has 1 aromatic carbocycles. The van der Waals surface area contributed by atoms with Gasteiger partial charge < -0.3 is 5.11 Å². The van der Waals surface area contributed by atoms with Crippen LogP contribution in [0.25, 0.3) is 0 Å². The Hall–Kier alpha value is -1.75. The number of rotatable bonds is 4. The number of hydrogen-bond acceptors (Lipinski definition) is 3. The van der Waals surface area contributed by atoms with Gasteiger partial charge in [-0.1, -0.05) is 24.3 Å². The lowest BCUT2D eigenvalue weighted by molar-refractivity contribution is -0.139. The van der Waals surface area contributed by atoms with E-state index in [1.165, 1.54) is 0 Å². The van der Waals surface area contributed by atoms with E-state index in [1.807, 2.05) is 31.2 Å². The zero-order valence-electron chi connectivity index (χ0n) is 10.4. The van der Waals surface area contributed by atoms with Gasteiger partial charge in [0.15, 0.2) is 0 Å². The summed E-state index contributed by atoms with van der Waals surface area (Å²) in [6, 6.07) is 7.75. The number of halogens is 1. The molecule has 1 atom stereocenters. The van der Waals surface area contributed by atoms with Gasteiger partial charge in [0.2, 0.25) is 0 Å². The van der Waals surface area contributed by atoms with Gasteiger partial charge in [-0.15, -0.1) is 0 Å². The molecule has 0 radical (unpaired) electrons. The van der Waals surface area contributed by atoms with Crippen molar-refractivity contribution >= 4 is 21.9 Å². The number of aliphatic carboxylic acids is 1. The van der Waals surface area contributed by atoms with E-state index in [0.29, 0.717) is 12.2 Å². The molecule has 1 aromatic heterocycles. The van der Waals surface area contributed by atoms with Crippen LogP contribution in [-0.4, -0.2) is 21.0 Å². The summed E-state index contributed by atoms with van der Waals surface area (Å²) in [6.45, 7) is 1.97. The van der Waals surface area contributed by atoms with Crippen LogP contribution < -0.4 is 0 Å². The number of carboxylic acids is 1. The molecule has 98 valence electrons. The van der Waals surface area contributed by atoms with Crippen LogP contribution in [0.5, 0.6) is 0 Å². The van der Waals surface area contributed by atoms with Crippen LogP contribution in [0.1, 0.15) is 22.9 Å². The number of benzene rings is 1. The van der Waals surface area contributed by atoms with Crippen LogP contribution >= 0.6 is 15.9 Å². The van der Waals surface area contributed by atoms with E-state index in [9.17, 15) is 9.90 Å². The van der Waals surface area contributed by atoms with Crippen LogP contribution in [0, 0.1) is 6.92 Å². The Kier molecular flexibility index (Phi) is 4.27. The van der Waals surface area contributed by atoms with Crippen molar-refractivity contribution in [3.63, 3.8) is 0 Å². The van der Waals surface area contributed by atoms with Crippen molar-refractivity contribution in [3.05, 3.63) is 58.1 Å². The first-order chi connectivity index (χ1) is 9.08. The number of nitrogens with zero attached hydrogens (tertiary/aromatic N) is 2. The molecule has 2 aromatic rings. The summed E-state index contributed by atoms with van der Waals surface area (Å²) in [5.41, 5.74) is 2.08. The molecule has 0 fully saturated rings. The predicted molar refractivity (Wildman–Crippen MR) is 75.0 cm³/mol. The third kappa shape index (κ3) is 3.38. The summed E-state index contributed by atoms with van der Waals surface area (Å²) < 4.78 is 0.733. The molecule has 0 bridgehead atoms. The molecule has 0 aliphatic rings. The molecule has 0 saturated heterocycles. The highest BCUT2D eigenvalue weighted by Crippen LogP contribution is 2.21. The van der Waals surface area contributed by atoms with Crippen molar-refractivity contribution in [1.29, 1.82) is 0 Å². The first-order valence-electron chi connectivity index (χ1n) is 5.82. The highest BCUT2D eigenvalue weighted by Gasteiger charge is 2.23. The molecule has 0 spiro atoms. The van der Waals surface area contributed by atoms with E-state index in [4.69, 9.17) is 0 Å². The highest BCUT2D eigenvalue weighted by atomic mass is 79.9. The molecule has 0 aliphatic carbocycles. The van der Waals surface area contributed by atoms with Crippen LogP contribution in [0.15, 0.2) is 41.1 Å². The average molecular weight is 321 g/mol. The quantitative estimate of drug-likeness (QED) is 0.940. The molecule has 0 amide bonds. The van der Waals surface area contributed by atoms with Crippen LogP contribution in [0.4, 0.5) is 0 Å². The fraction of sp³-hybridized carbons (Fsp3) is 0.214. The smallest absolute Gasteiger partial charge is 0.314 e. The lowest BCUT2D eigenvalue weighted by Gasteiger charge is -2.12. The van der Waals surface area contributed by atoms with Gasteiger partial charge in [-0.2, -0.15) is 0 Å². The predicted octanol–water partition coefficient (Wildman–Crippen LogP) is 2.96. The summed E-state index contributed by atoms with van der Waals surface area (Å²) >= 11 is 3.24. The third-order valence-electron chi connectivity index (χ3n) is 2.94. The monoisotopic (exact) mass is 320 g/mol. The summed E-state index contributed by atoms with van der Waals surface area (Å²) in [7, 11) is 0. The topological polar surface area (TPSA) is 63.1 Å². The van der Waals surface area contributed by atoms with Crippen LogP contribution in [-0.2, 0) is 11.2 Å². The molecule has 1 N–H and O–H groups in total. The van der Waals surface area contributed by atoms with Gasteiger partial charge in [0.25, 0.3) is 0 Å². The Morgan fingerprint density at radius 1 is 1.32 bits per heavy atom. The molecule has 1 heterocycles. The summed E-state index contributed by atoms with van der Waals surface area (Å²) in [5.74, 6) is -1.31. The Labute approximate surface area is 119 Å². The van der Waals surface area contributed by atoms with Crippen molar-refractivity contribution in [2.75, 3.05) is 0 Å². The van der Waals surface area contributed by atoms with Gasteiger partial charge in [0, 0.05) is 12.4 Å². The van der Waals surface area contributed by atoms with Crippen molar-refractivity contribution in [3.8, 4) is 0 Å². The van der Waals surface area contributed by atoms with E-state index in [0.717, 1.165) is 15.6 Å². The molecule has 4 nitrogen and oxygen atoms in total. The fourth-order valence-electron chi connectivity index (χ4n) is 1.85. The number of hydrogen-bond donors (Lipinski definition) is 1. The first-order valence-corrected chi connectivity index (χ1v) is 6.62. The van der Waals surface area contributed by atoms with E-state index in [1.54, 1.807) is 12.4 Å². The van der Waals surface area contributed by atoms with Crippen molar-refractivity contribution < 1.29 is 9.90 Å². The summed E-state index contributed by atoms with van der Waals surface area (Å²) in [4.78, 5) is 19.6. The molecule has 19 heavy (non-hydrogen) atoms. The lowest BCUT2D eigenvalue weighted by Crippen LogP contribution is -2.17. The second kappa shape index (κ2) is 5.93. The zero-order valence-corrected chi connectivity index (χ0v) is 12.0. The second-order valence-electron chi connectivity index (χ2n) is 4.28. The zero-order chi connectivity index (χ0) is 13.8. The molecular weight excluding hydrogens is 308 g/mol. The SMILES string of the molecule is Cc1ccccc1CC(C(=O)O)c1ncc(Br)cn1. The van der Waals surface area contributed by atoms with E-state index < -0.39 is 11.9 Å². The van der Waals surface area contributed by atoms with Crippen molar-refractivity contribution in [2.45, 2.75) is 19.3 Å². The Morgan fingerprint density at radius 3 is 2.53 bits per heavy atom. The third-order valence-corrected chi connectivity index (χ3v) is 3.34. The Morgan fingerprint density at radius 2 is 1.95 bits per heavy atom. The normalized spacial score (nSPS) is 12.1. The van der Waals surface area contributed by atoms with E-state index in [-0.39, 0.29) is 0 Å². The van der Waals surface area contributed by atoms with Gasteiger partial charge >= 0.3 is 5.97 Å². The molecule has 2 rings (SSSR count). The van der Waals surface area contributed by atoms with E-state index >= 15 is 0 Å². The minimum absolute atomic E-state index is 0.332. The van der Waals surface area contributed by atoms with Gasteiger partial charge in [-0.05, 0) is 40.4 Å². The fourth-order valence-corrected chi connectivity index (χ4v) is 2.06. The van der Waals surface area contributed by atoms with Crippen molar-refractivity contribution in [2.24, 2.45) is 0 Å². The largest absolute Gasteiger partial charge is 0.481 e. The molecule has 5 heteroatoms. The summed E-state index contributed by atoms with van der Waals surface area (Å²) in [6.07, 6.45) is 3.52. The number of aromatic nitrogens is 2. The highest BCUT2D eigenvalue weighted by molar-refractivity contribution is 9.10. The molecular formula is C14H13BrN2O2. The lowest BCUT2D eigenvalue weighted by atomic mass is 9.95. The standard InChI is InChI=1S/C14H13BrN2O2/c1-9-4-2-3-5-10(9)6-12(14(18)19)13-16-7-11(15)8-17-13/h2-5,7-8,12H,6H2,1H3,(H,18,19). The molecule has 0 saturated carbocycles. The van der Waals surface area contributed by atoms with Gasteiger partial charge in [-0.25, -0.2) is 9.97 Å². The van der Waals surface area contributed by atoms with Crippen LogP contribution in [0.3, 0.4) is 0 Å². The molecule has 1 unspecified atom stereocenters. The maximum Gasteiger partial charge on any atom is 0.314 e. The van der Waals surface area contributed by atoms with Gasteiger partial charge in [0.1, 0.15) is 11.7 Å². The summed E-state index contributed by atoms with van der Waals surface area (Å²) in [5, 5.41) is 9.36. The minimum Gasteiger partial charge on any atom is -0.481 e. The number of carbonyl (C=O) groups is 1. The Bertz CT molecular complexity index is 584. The van der Waals surface area contributed by atoms with Crippen molar-refractivity contribution in [1.82, 2.24) is 9.97 Å². The first kappa shape index (κ1) is 13.7. The second-order valence-corrected chi connectivity index (χ2v) is 5.20. The average Bonchev–Trinajstić information content (AvgIpc) is 2.39. The van der Waals surface area contributed by atoms with Gasteiger partial charge in [0.05, 0.1) is 4.47 Å². The maximum absolute atomic E-state index is 11.4.